The van der Waals surface area contributed by atoms with Crippen molar-refractivity contribution in [3.8, 4) is 22.6 Å². The van der Waals surface area contributed by atoms with Crippen LogP contribution in [0.15, 0.2) is 97.1 Å². The molecule has 5 aromatic carbocycles. The molecule has 5 aromatic rings. The van der Waals surface area contributed by atoms with E-state index < -0.39 is 0 Å². The van der Waals surface area contributed by atoms with E-state index in [-0.39, 0.29) is 0 Å². The first-order valence-electron chi connectivity index (χ1n) is 9.66. The Morgan fingerprint density at radius 2 is 1.36 bits per heavy atom. The Morgan fingerprint density at radius 3 is 2.36 bits per heavy atom. The lowest BCUT2D eigenvalue weighted by Gasteiger charge is -2.22. The number of benzene rings is 5. The lowest BCUT2D eigenvalue weighted by molar-refractivity contribution is 0.461. The Bertz CT molecular complexity index is 1360. The summed E-state index contributed by atoms with van der Waals surface area (Å²) in [5.41, 5.74) is 5.04. The zero-order valence-corrected chi connectivity index (χ0v) is 15.4. The van der Waals surface area contributed by atoms with Crippen LogP contribution in [0.5, 0.6) is 11.5 Å². The van der Waals surface area contributed by atoms with Gasteiger partial charge in [-0.2, -0.15) is 0 Å². The maximum absolute atomic E-state index is 6.20. The molecule has 0 aliphatic carbocycles. The molecule has 0 atom stereocenters. The normalized spacial score (nSPS) is 12.4. The Kier molecular flexibility index (Phi) is 3.30. The average molecular weight is 358 g/mol. The molecule has 1 nitrogen and oxygen atoms in total. The van der Waals surface area contributed by atoms with E-state index in [1.165, 1.54) is 43.8 Å². The summed E-state index contributed by atoms with van der Waals surface area (Å²) < 4.78 is 6.20. The van der Waals surface area contributed by atoms with Gasteiger partial charge in [-0.3, -0.25) is 0 Å². The van der Waals surface area contributed by atoms with Gasteiger partial charge in [0, 0.05) is 12.0 Å². The number of ether oxygens (including phenoxy) is 1. The molecule has 28 heavy (non-hydrogen) atoms. The standard InChI is InChI=1S/C27H18O/c1-3-9-22-18(6-1)8-5-10-23(22)20-13-12-19-14-15-27-25(24(19)16-20)17-21-7-2-4-11-26(21)28-27/h1-16H,17H2. The van der Waals surface area contributed by atoms with Gasteiger partial charge in [0.05, 0.1) is 0 Å². The molecule has 0 saturated carbocycles. The minimum Gasteiger partial charge on any atom is -0.457 e. The highest BCUT2D eigenvalue weighted by atomic mass is 16.5. The van der Waals surface area contributed by atoms with Crippen LogP contribution in [-0.4, -0.2) is 0 Å². The lowest BCUT2D eigenvalue weighted by Crippen LogP contribution is -2.03. The summed E-state index contributed by atoms with van der Waals surface area (Å²) in [6.45, 7) is 0. The molecule has 0 N–H and O–H groups in total. The molecule has 1 heteroatoms. The van der Waals surface area contributed by atoms with Crippen LogP contribution >= 0.6 is 0 Å². The summed E-state index contributed by atoms with van der Waals surface area (Å²) >= 11 is 0. The van der Waals surface area contributed by atoms with Crippen LogP contribution in [0.3, 0.4) is 0 Å². The van der Waals surface area contributed by atoms with E-state index in [4.69, 9.17) is 4.74 Å². The topological polar surface area (TPSA) is 9.23 Å². The van der Waals surface area contributed by atoms with Crippen LogP contribution in [0.25, 0.3) is 32.7 Å². The van der Waals surface area contributed by atoms with Crippen LogP contribution in [0.1, 0.15) is 11.1 Å². The Morgan fingerprint density at radius 1 is 0.571 bits per heavy atom. The fourth-order valence-electron chi connectivity index (χ4n) is 4.34. The maximum atomic E-state index is 6.20. The SMILES string of the molecule is c1ccc2c(c1)Cc1c(ccc3ccc(-c4cccc5ccccc45)cc13)O2. The molecule has 0 amide bonds. The first-order valence-corrected chi connectivity index (χ1v) is 9.66. The first-order chi connectivity index (χ1) is 13.9. The molecular weight excluding hydrogens is 340 g/mol. The van der Waals surface area contributed by atoms with Crippen molar-refractivity contribution in [2.45, 2.75) is 6.42 Å². The monoisotopic (exact) mass is 358 g/mol. The number of para-hydroxylation sites is 1. The third-order valence-electron chi connectivity index (χ3n) is 5.75. The van der Waals surface area contributed by atoms with Crippen molar-refractivity contribution in [1.29, 1.82) is 0 Å². The first kappa shape index (κ1) is 15.5. The summed E-state index contributed by atoms with van der Waals surface area (Å²) in [5.74, 6) is 1.95. The molecule has 132 valence electrons. The Labute approximate surface area is 163 Å². The summed E-state index contributed by atoms with van der Waals surface area (Å²) in [4.78, 5) is 0. The number of hydrogen-bond donors (Lipinski definition) is 0. The van der Waals surface area contributed by atoms with E-state index >= 15 is 0 Å². The van der Waals surface area contributed by atoms with E-state index in [2.05, 4.69) is 91.0 Å². The molecule has 6 rings (SSSR count). The molecule has 0 saturated heterocycles. The van der Waals surface area contributed by atoms with Gasteiger partial charge in [-0.1, -0.05) is 78.9 Å². The van der Waals surface area contributed by atoms with Gasteiger partial charge in [0.2, 0.25) is 0 Å². The highest BCUT2D eigenvalue weighted by Crippen LogP contribution is 2.41. The zero-order chi connectivity index (χ0) is 18.5. The van der Waals surface area contributed by atoms with Crippen molar-refractivity contribution in [2.75, 3.05) is 0 Å². The van der Waals surface area contributed by atoms with Crippen molar-refractivity contribution in [3.63, 3.8) is 0 Å². The molecule has 0 spiro atoms. The predicted octanol–water partition coefficient (Wildman–Crippen LogP) is 7.36. The van der Waals surface area contributed by atoms with Gasteiger partial charge in [-0.25, -0.2) is 0 Å². The van der Waals surface area contributed by atoms with E-state index in [1.54, 1.807) is 0 Å². The minimum atomic E-state index is 0.905. The van der Waals surface area contributed by atoms with Gasteiger partial charge >= 0.3 is 0 Å². The van der Waals surface area contributed by atoms with E-state index in [9.17, 15) is 0 Å². The fraction of sp³-hybridized carbons (Fsp3) is 0.0370. The highest BCUT2D eigenvalue weighted by molar-refractivity contribution is 6.00. The Balaban J connectivity index is 1.57. The largest absolute Gasteiger partial charge is 0.457 e. The molecule has 1 aliphatic heterocycles. The average Bonchev–Trinajstić information content (AvgIpc) is 2.77. The predicted molar refractivity (Wildman–Crippen MR) is 116 cm³/mol. The lowest BCUT2D eigenvalue weighted by atomic mass is 9.91. The second-order valence-electron chi connectivity index (χ2n) is 7.39. The van der Waals surface area contributed by atoms with Crippen molar-refractivity contribution < 1.29 is 4.74 Å². The fourth-order valence-corrected chi connectivity index (χ4v) is 4.34. The summed E-state index contributed by atoms with van der Waals surface area (Å²) in [6.07, 6.45) is 0.905. The molecule has 0 aromatic heterocycles. The molecule has 1 aliphatic rings. The second kappa shape index (κ2) is 5.97. The molecule has 0 radical (unpaired) electrons. The number of fused-ring (bicyclic) bond motifs is 5. The smallest absolute Gasteiger partial charge is 0.131 e. The Hall–Kier alpha value is -3.58. The van der Waals surface area contributed by atoms with Gasteiger partial charge in [-0.15, -0.1) is 0 Å². The summed E-state index contributed by atoms with van der Waals surface area (Å²) in [7, 11) is 0. The van der Waals surface area contributed by atoms with Gasteiger partial charge in [0.15, 0.2) is 0 Å². The minimum absolute atomic E-state index is 0.905. The molecular formula is C27H18O. The molecule has 0 unspecified atom stereocenters. The quantitative estimate of drug-likeness (QED) is 0.298. The molecule has 1 heterocycles. The van der Waals surface area contributed by atoms with Crippen molar-refractivity contribution in [1.82, 2.24) is 0 Å². The molecule has 0 fully saturated rings. The van der Waals surface area contributed by atoms with Crippen LogP contribution in [0, 0.1) is 0 Å². The summed E-state index contributed by atoms with van der Waals surface area (Å²) in [5, 5.41) is 5.09. The highest BCUT2D eigenvalue weighted by Gasteiger charge is 2.19. The molecule has 0 bridgehead atoms. The van der Waals surface area contributed by atoms with Gasteiger partial charge < -0.3 is 4.74 Å². The summed E-state index contributed by atoms with van der Waals surface area (Å²) in [6, 6.07) is 34.5. The number of rotatable bonds is 1. The van der Waals surface area contributed by atoms with E-state index in [0.717, 1.165) is 17.9 Å². The second-order valence-corrected chi connectivity index (χ2v) is 7.39. The zero-order valence-electron chi connectivity index (χ0n) is 15.4. The van der Waals surface area contributed by atoms with Crippen LogP contribution in [0.4, 0.5) is 0 Å². The van der Waals surface area contributed by atoms with Crippen molar-refractivity contribution in [3.05, 3.63) is 108 Å². The van der Waals surface area contributed by atoms with E-state index in [1.807, 2.05) is 6.07 Å². The maximum Gasteiger partial charge on any atom is 0.131 e. The van der Waals surface area contributed by atoms with E-state index in [0.29, 0.717) is 0 Å². The van der Waals surface area contributed by atoms with Crippen LogP contribution in [0.2, 0.25) is 0 Å². The van der Waals surface area contributed by atoms with Gasteiger partial charge in [-0.05, 0) is 56.4 Å². The third-order valence-corrected chi connectivity index (χ3v) is 5.75. The van der Waals surface area contributed by atoms with Crippen molar-refractivity contribution in [2.24, 2.45) is 0 Å². The van der Waals surface area contributed by atoms with Crippen LogP contribution < -0.4 is 4.74 Å². The number of hydrogen-bond acceptors (Lipinski definition) is 1. The third kappa shape index (κ3) is 2.33. The van der Waals surface area contributed by atoms with Gasteiger partial charge in [0.25, 0.3) is 0 Å². The van der Waals surface area contributed by atoms with Crippen LogP contribution in [-0.2, 0) is 6.42 Å². The van der Waals surface area contributed by atoms with Gasteiger partial charge in [0.1, 0.15) is 11.5 Å². The van der Waals surface area contributed by atoms with Crippen molar-refractivity contribution >= 4 is 21.5 Å².